The van der Waals surface area contributed by atoms with Gasteiger partial charge in [0.1, 0.15) is 5.69 Å². The fraction of sp³-hybridized carbons (Fsp3) is 0.329. The molecule has 400 valence electrons. The Bertz CT molecular complexity index is 3930. The maximum Gasteiger partial charge on any atom is 0.295 e. The molecule has 0 atom stereocenters. The number of hydrogen-bond acceptors (Lipinski definition) is 3. The Balaban J connectivity index is 1.19. The van der Waals surface area contributed by atoms with Gasteiger partial charge in [-0.05, 0) is 162 Å². The SMILES string of the molecule is Cc1ccc(-c2cc3c4c(c2)N2c5ccc(C(C)(C)C)cc5Sc5cc(C(C)(C)C)cc(c52)B4c2cc(C(C)(C)C)ccc2N3c2ccc(C(C)(C)C)cc2)cc1-c1n(-c2c(C(C)C)cccc2C(C)C)c2ccccc2[n+]1C. The summed E-state index contributed by atoms with van der Waals surface area (Å²) in [6, 6.07) is 57.5. The van der Waals surface area contributed by atoms with E-state index in [4.69, 9.17) is 0 Å². The van der Waals surface area contributed by atoms with E-state index < -0.39 is 0 Å². The molecule has 1 aromatic heterocycles. The molecule has 4 nitrogen and oxygen atoms in total. The Labute approximate surface area is 477 Å². The summed E-state index contributed by atoms with van der Waals surface area (Å²) in [6.07, 6.45) is 0. The van der Waals surface area contributed by atoms with Gasteiger partial charge in [0, 0.05) is 43.7 Å². The maximum atomic E-state index is 2.68. The van der Waals surface area contributed by atoms with Gasteiger partial charge >= 0.3 is 0 Å². The van der Waals surface area contributed by atoms with Gasteiger partial charge in [-0.1, -0.05) is 201 Å². The molecule has 12 rings (SSSR count). The summed E-state index contributed by atoms with van der Waals surface area (Å²) in [5.41, 5.74) is 28.1. The molecule has 0 bridgehead atoms. The van der Waals surface area contributed by atoms with Crippen LogP contribution in [-0.4, -0.2) is 11.3 Å². The topological polar surface area (TPSA) is 15.3 Å². The van der Waals surface area contributed by atoms with E-state index in [-0.39, 0.29) is 28.4 Å². The predicted molar refractivity (Wildman–Crippen MR) is 341 cm³/mol. The van der Waals surface area contributed by atoms with Gasteiger partial charge in [0.2, 0.25) is 0 Å². The molecule has 0 saturated heterocycles. The summed E-state index contributed by atoms with van der Waals surface area (Å²) in [4.78, 5) is 7.92. The molecule has 6 heteroatoms. The van der Waals surface area contributed by atoms with E-state index in [2.05, 4.69) is 289 Å². The number of fused-ring (bicyclic) bond motifs is 7. The lowest BCUT2D eigenvalue weighted by atomic mass is 9.33. The molecule has 0 aliphatic carbocycles. The molecule has 8 aromatic carbocycles. The van der Waals surface area contributed by atoms with Crippen LogP contribution in [0.4, 0.5) is 34.1 Å². The maximum absolute atomic E-state index is 2.68. The molecule has 0 radical (unpaired) electrons. The summed E-state index contributed by atoms with van der Waals surface area (Å²) in [6.45, 7) is 39.8. The fourth-order valence-electron chi connectivity index (χ4n) is 12.9. The smallest absolute Gasteiger partial charge is 0.295 e. The normalized spacial score (nSPS) is 14.1. The Morgan fingerprint density at radius 3 is 1.65 bits per heavy atom. The minimum Gasteiger partial charge on any atom is -0.311 e. The highest BCUT2D eigenvalue weighted by Crippen LogP contribution is 2.56. The van der Waals surface area contributed by atoms with Crippen molar-refractivity contribution in [2.24, 2.45) is 7.05 Å². The number of anilines is 6. The van der Waals surface area contributed by atoms with Gasteiger partial charge in [0.15, 0.2) is 11.0 Å². The monoisotopic (exact) mass is 1060 g/mol. The number of imidazole rings is 1. The minimum atomic E-state index is -0.0677. The van der Waals surface area contributed by atoms with Crippen LogP contribution in [0.15, 0.2) is 155 Å². The number of aromatic nitrogens is 2. The average Bonchev–Trinajstić information content (AvgIpc) is 2.65. The average molecular weight is 1060 g/mol. The second-order valence-electron chi connectivity index (χ2n) is 27.9. The van der Waals surface area contributed by atoms with Crippen molar-refractivity contribution in [1.29, 1.82) is 0 Å². The molecule has 0 N–H and O–H groups in total. The van der Waals surface area contributed by atoms with Crippen LogP contribution in [0.3, 0.4) is 0 Å². The van der Waals surface area contributed by atoms with Crippen LogP contribution in [0.2, 0.25) is 0 Å². The third-order valence-electron chi connectivity index (χ3n) is 17.5. The summed E-state index contributed by atoms with van der Waals surface area (Å²) in [7, 11) is 2.26. The van der Waals surface area contributed by atoms with Gasteiger partial charge in [0.25, 0.3) is 12.5 Å². The van der Waals surface area contributed by atoms with Gasteiger partial charge in [0.05, 0.1) is 24.0 Å². The van der Waals surface area contributed by atoms with E-state index in [9.17, 15) is 0 Å². The number of rotatable bonds is 6. The first kappa shape index (κ1) is 52.9. The van der Waals surface area contributed by atoms with Crippen molar-refractivity contribution in [3.63, 3.8) is 0 Å². The Hall–Kier alpha value is -6.76. The zero-order valence-corrected chi connectivity index (χ0v) is 51.1. The van der Waals surface area contributed by atoms with Crippen LogP contribution in [0.1, 0.15) is 162 Å². The largest absolute Gasteiger partial charge is 0.311 e. The lowest BCUT2D eigenvalue weighted by Gasteiger charge is -2.47. The first-order valence-corrected chi connectivity index (χ1v) is 29.8. The molecule has 0 fully saturated rings. The van der Waals surface area contributed by atoms with E-state index in [1.165, 1.54) is 138 Å². The number of aryl methyl sites for hydroxylation is 2. The second-order valence-corrected chi connectivity index (χ2v) is 29.0. The van der Waals surface area contributed by atoms with E-state index in [1.54, 1.807) is 0 Å². The Morgan fingerprint density at radius 2 is 1.03 bits per heavy atom. The van der Waals surface area contributed by atoms with E-state index in [0.29, 0.717) is 11.8 Å². The minimum absolute atomic E-state index is 0.00339. The summed E-state index contributed by atoms with van der Waals surface area (Å²) in [5, 5.41) is 0. The lowest BCUT2D eigenvalue weighted by molar-refractivity contribution is -0.633. The molecule has 0 spiro atoms. The van der Waals surface area contributed by atoms with Crippen molar-refractivity contribution in [2.45, 2.75) is 161 Å². The van der Waals surface area contributed by atoms with Crippen LogP contribution in [0.5, 0.6) is 0 Å². The second kappa shape index (κ2) is 18.4. The van der Waals surface area contributed by atoms with Crippen molar-refractivity contribution in [2.75, 3.05) is 9.80 Å². The van der Waals surface area contributed by atoms with Gasteiger partial charge in [-0.3, -0.25) is 0 Å². The number of hydrogen-bond donors (Lipinski definition) is 0. The molecule has 0 saturated carbocycles. The van der Waals surface area contributed by atoms with Crippen LogP contribution in [-0.2, 0) is 28.7 Å². The van der Waals surface area contributed by atoms with Gasteiger partial charge < -0.3 is 9.80 Å². The van der Waals surface area contributed by atoms with Crippen LogP contribution in [0, 0.1) is 6.92 Å². The highest BCUT2D eigenvalue weighted by molar-refractivity contribution is 7.99. The highest BCUT2D eigenvalue weighted by atomic mass is 32.2. The van der Waals surface area contributed by atoms with Crippen LogP contribution in [0.25, 0.3) is 39.2 Å². The number of nitrogens with zero attached hydrogens (tertiary/aromatic N) is 4. The molecular formula is C73H80BN4S+. The number of benzene rings is 8. The molecular weight excluding hydrogens is 976 g/mol. The third-order valence-corrected chi connectivity index (χ3v) is 18.6. The zero-order chi connectivity index (χ0) is 56.2. The van der Waals surface area contributed by atoms with E-state index in [1.807, 2.05) is 11.8 Å². The molecule has 3 aliphatic heterocycles. The molecule has 0 amide bonds. The fourth-order valence-corrected chi connectivity index (χ4v) is 14.1. The molecule has 3 aliphatic rings. The zero-order valence-electron chi connectivity index (χ0n) is 50.3. The Morgan fingerprint density at radius 1 is 0.468 bits per heavy atom. The lowest BCUT2D eigenvalue weighted by Crippen LogP contribution is -2.62. The van der Waals surface area contributed by atoms with E-state index >= 15 is 0 Å². The Kier molecular flexibility index (Phi) is 12.3. The molecule has 0 unspecified atom stereocenters. The molecule has 4 heterocycles. The predicted octanol–water partition coefficient (Wildman–Crippen LogP) is 18.1. The van der Waals surface area contributed by atoms with Crippen LogP contribution < -0.4 is 30.8 Å². The van der Waals surface area contributed by atoms with Crippen molar-refractivity contribution in [3.05, 3.63) is 185 Å². The van der Waals surface area contributed by atoms with Crippen molar-refractivity contribution < 1.29 is 4.57 Å². The van der Waals surface area contributed by atoms with E-state index in [0.717, 1.165) is 0 Å². The summed E-state index contributed by atoms with van der Waals surface area (Å²) in [5.74, 6) is 1.85. The van der Waals surface area contributed by atoms with Crippen LogP contribution >= 0.6 is 11.8 Å². The van der Waals surface area contributed by atoms with Gasteiger partial charge in [-0.2, -0.15) is 4.57 Å². The molecule has 9 aromatic rings. The highest BCUT2D eigenvalue weighted by Gasteiger charge is 2.47. The quantitative estimate of drug-likeness (QED) is 0.122. The van der Waals surface area contributed by atoms with Crippen molar-refractivity contribution in [3.8, 4) is 28.2 Å². The standard InChI is InChI=1S/C73H80BN4S/c1-43(2)53-22-21-23-54(44(3)4)67(53)78-60-25-20-19-24-59(60)75(18)69(78)55-36-46(27-26-45(55)5)47-37-62-66-63(38-47)77-61-35-31-50(72(12,13)14)41-64(61)79-65-42-51(73(15,16)17)40-57(68(65)77)74(66)56-39-49(71(9,10)11)30-34-58(56)76(62)52-32-28-48(29-33-52)70(6,7)8/h19-44H,1-18H3/q+1. The number of para-hydroxylation sites is 3. The first-order valence-electron chi connectivity index (χ1n) is 29.0. The first-order chi connectivity index (χ1) is 37.2. The van der Waals surface area contributed by atoms with Gasteiger partial charge in [-0.25, -0.2) is 4.57 Å². The summed E-state index contributed by atoms with van der Waals surface area (Å²) >= 11 is 1.96. The van der Waals surface area contributed by atoms with Crippen molar-refractivity contribution >= 4 is 80.0 Å². The summed E-state index contributed by atoms with van der Waals surface area (Å²) < 4.78 is 5.03. The third kappa shape index (κ3) is 8.61. The van der Waals surface area contributed by atoms with Crippen molar-refractivity contribution in [1.82, 2.24) is 4.57 Å². The van der Waals surface area contributed by atoms with Gasteiger partial charge in [-0.15, -0.1) is 0 Å². The molecule has 79 heavy (non-hydrogen) atoms.